The number of thiocarbonyl (C=S) groups is 1. The van der Waals surface area contributed by atoms with Crippen molar-refractivity contribution in [1.82, 2.24) is 10.3 Å². The van der Waals surface area contributed by atoms with Crippen LogP contribution in [0.25, 0.3) is 22.0 Å². The number of amides is 1. The molecule has 0 bridgehead atoms. The fourth-order valence-electron chi connectivity index (χ4n) is 3.07. The molecule has 7 heteroatoms. The van der Waals surface area contributed by atoms with Crippen molar-refractivity contribution < 1.29 is 9.53 Å². The highest BCUT2D eigenvalue weighted by atomic mass is 32.1. The van der Waals surface area contributed by atoms with Gasteiger partial charge in [-0.05, 0) is 67.2 Å². The molecule has 0 saturated carbocycles. The maximum Gasteiger partial charge on any atom is 0.257 e. The third-order valence-corrected chi connectivity index (χ3v) is 5.45. The van der Waals surface area contributed by atoms with E-state index in [9.17, 15) is 4.79 Å². The highest BCUT2D eigenvalue weighted by Gasteiger charge is 2.11. The lowest BCUT2D eigenvalue weighted by Crippen LogP contribution is -2.34. The van der Waals surface area contributed by atoms with Crippen LogP contribution in [-0.2, 0) is 0 Å². The number of nitrogens with zero attached hydrogens (tertiary/aromatic N) is 1. The molecule has 0 radical (unpaired) electrons. The van der Waals surface area contributed by atoms with Gasteiger partial charge in [-0.1, -0.05) is 36.4 Å². The smallest absolute Gasteiger partial charge is 0.257 e. The van der Waals surface area contributed by atoms with E-state index in [2.05, 4.69) is 39.9 Å². The SMILES string of the molecule is CC(C)Oc1ccc(C(=O)NC(=S)Nc2nc(-c3ccc4ccccc4c3)cs2)cc1. The number of hydrogen-bond donors (Lipinski definition) is 2. The lowest BCUT2D eigenvalue weighted by atomic mass is 10.1. The first kappa shape index (κ1) is 21.0. The fourth-order valence-corrected chi connectivity index (χ4v) is 4.05. The topological polar surface area (TPSA) is 63.2 Å². The minimum absolute atomic E-state index is 0.0780. The second-order valence-corrected chi connectivity index (χ2v) is 8.47. The number of benzene rings is 3. The summed E-state index contributed by atoms with van der Waals surface area (Å²) >= 11 is 6.71. The largest absolute Gasteiger partial charge is 0.491 e. The van der Waals surface area contributed by atoms with Crippen molar-refractivity contribution in [3.8, 4) is 17.0 Å². The molecule has 0 aliphatic carbocycles. The first-order chi connectivity index (χ1) is 15.0. The molecule has 4 aromatic rings. The summed E-state index contributed by atoms with van der Waals surface area (Å²) in [6.45, 7) is 3.91. The monoisotopic (exact) mass is 447 g/mol. The van der Waals surface area contributed by atoms with Crippen molar-refractivity contribution in [3.63, 3.8) is 0 Å². The van der Waals surface area contributed by atoms with Crippen LogP contribution in [0.1, 0.15) is 24.2 Å². The van der Waals surface area contributed by atoms with Gasteiger partial charge in [-0.25, -0.2) is 4.98 Å². The number of rotatable bonds is 5. The van der Waals surface area contributed by atoms with E-state index in [0.717, 1.165) is 22.4 Å². The van der Waals surface area contributed by atoms with Crippen molar-refractivity contribution in [2.75, 3.05) is 5.32 Å². The van der Waals surface area contributed by atoms with Crippen molar-refractivity contribution in [2.24, 2.45) is 0 Å². The Morgan fingerprint density at radius 3 is 2.52 bits per heavy atom. The first-order valence-electron chi connectivity index (χ1n) is 9.82. The van der Waals surface area contributed by atoms with Gasteiger partial charge in [0.1, 0.15) is 5.75 Å². The Bertz CT molecular complexity index is 1230. The second kappa shape index (κ2) is 9.24. The Morgan fingerprint density at radius 2 is 1.77 bits per heavy atom. The number of thiazole rings is 1. The summed E-state index contributed by atoms with van der Waals surface area (Å²) in [7, 11) is 0. The van der Waals surface area contributed by atoms with Crippen LogP contribution < -0.4 is 15.4 Å². The van der Waals surface area contributed by atoms with Gasteiger partial charge in [-0.2, -0.15) is 0 Å². The molecule has 0 saturated heterocycles. The van der Waals surface area contributed by atoms with E-state index in [-0.39, 0.29) is 17.1 Å². The van der Waals surface area contributed by atoms with E-state index in [1.807, 2.05) is 37.4 Å². The minimum Gasteiger partial charge on any atom is -0.491 e. The van der Waals surface area contributed by atoms with E-state index >= 15 is 0 Å². The van der Waals surface area contributed by atoms with Gasteiger partial charge in [0.15, 0.2) is 10.2 Å². The molecule has 0 aliphatic rings. The lowest BCUT2D eigenvalue weighted by molar-refractivity contribution is 0.0977. The lowest BCUT2D eigenvalue weighted by Gasteiger charge is -2.10. The summed E-state index contributed by atoms with van der Waals surface area (Å²) in [5, 5.41) is 10.8. The van der Waals surface area contributed by atoms with E-state index in [4.69, 9.17) is 17.0 Å². The predicted octanol–water partition coefficient (Wildman–Crippen LogP) is 5.88. The van der Waals surface area contributed by atoms with Gasteiger partial charge in [-0.15, -0.1) is 11.3 Å². The summed E-state index contributed by atoms with van der Waals surface area (Å²) in [5.74, 6) is 0.427. The highest BCUT2D eigenvalue weighted by molar-refractivity contribution is 7.80. The Hall–Kier alpha value is -3.29. The molecule has 4 rings (SSSR count). The molecular weight excluding hydrogens is 426 g/mol. The van der Waals surface area contributed by atoms with Crippen LogP contribution in [0.4, 0.5) is 5.13 Å². The van der Waals surface area contributed by atoms with Gasteiger partial charge in [0, 0.05) is 16.5 Å². The molecule has 0 fully saturated rings. The molecule has 1 heterocycles. The third-order valence-electron chi connectivity index (χ3n) is 4.49. The standard InChI is InChI=1S/C24H21N3O2S2/c1-15(2)29-20-11-9-17(10-12-20)22(28)26-23(30)27-24-25-21(14-31-24)19-8-7-16-5-3-4-6-18(16)13-19/h3-15H,1-2H3,(H2,25,26,27,28,30). The van der Waals surface area contributed by atoms with Crippen molar-refractivity contribution >= 4 is 50.5 Å². The van der Waals surface area contributed by atoms with Gasteiger partial charge in [0.2, 0.25) is 0 Å². The minimum atomic E-state index is -0.292. The average molecular weight is 448 g/mol. The molecule has 156 valence electrons. The number of nitrogens with one attached hydrogen (secondary N) is 2. The molecule has 0 atom stereocenters. The van der Waals surface area contributed by atoms with Gasteiger partial charge in [-0.3, -0.25) is 10.1 Å². The molecule has 0 aliphatic heterocycles. The van der Waals surface area contributed by atoms with Crippen molar-refractivity contribution in [1.29, 1.82) is 0 Å². The molecule has 31 heavy (non-hydrogen) atoms. The van der Waals surface area contributed by atoms with Gasteiger partial charge in [0.05, 0.1) is 11.8 Å². The van der Waals surface area contributed by atoms with E-state index in [0.29, 0.717) is 10.7 Å². The molecule has 1 amide bonds. The van der Waals surface area contributed by atoms with Crippen LogP contribution in [0.2, 0.25) is 0 Å². The Kier molecular flexibility index (Phi) is 6.25. The predicted molar refractivity (Wildman–Crippen MR) is 131 cm³/mol. The molecule has 5 nitrogen and oxygen atoms in total. The number of anilines is 1. The Morgan fingerprint density at radius 1 is 1.03 bits per heavy atom. The summed E-state index contributed by atoms with van der Waals surface area (Å²) in [6, 6.07) is 21.4. The zero-order valence-corrected chi connectivity index (χ0v) is 18.7. The Balaban J connectivity index is 1.38. The van der Waals surface area contributed by atoms with Crippen molar-refractivity contribution in [3.05, 3.63) is 77.7 Å². The van der Waals surface area contributed by atoms with Crippen molar-refractivity contribution in [2.45, 2.75) is 20.0 Å². The molecule has 0 spiro atoms. The average Bonchev–Trinajstić information content (AvgIpc) is 3.21. The summed E-state index contributed by atoms with van der Waals surface area (Å²) in [4.78, 5) is 17.0. The number of fused-ring (bicyclic) bond motifs is 1. The second-order valence-electron chi connectivity index (χ2n) is 7.20. The first-order valence-corrected chi connectivity index (χ1v) is 11.1. The van der Waals surface area contributed by atoms with E-state index < -0.39 is 0 Å². The van der Waals surface area contributed by atoms with E-state index in [1.165, 1.54) is 16.7 Å². The van der Waals surface area contributed by atoms with Crippen LogP contribution in [0, 0.1) is 0 Å². The highest BCUT2D eigenvalue weighted by Crippen LogP contribution is 2.27. The fraction of sp³-hybridized carbons (Fsp3) is 0.125. The quantitative estimate of drug-likeness (QED) is 0.374. The molecule has 2 N–H and O–H groups in total. The maximum absolute atomic E-state index is 12.4. The maximum atomic E-state index is 12.4. The zero-order chi connectivity index (χ0) is 21.8. The number of carbonyl (C=O) groups is 1. The zero-order valence-electron chi connectivity index (χ0n) is 17.1. The normalized spacial score (nSPS) is 10.8. The number of carbonyl (C=O) groups excluding carboxylic acids is 1. The summed E-state index contributed by atoms with van der Waals surface area (Å²) < 4.78 is 5.59. The van der Waals surface area contributed by atoms with E-state index in [1.54, 1.807) is 24.3 Å². The van der Waals surface area contributed by atoms with Crippen LogP contribution in [0.5, 0.6) is 5.75 Å². The van der Waals surface area contributed by atoms with Gasteiger partial charge >= 0.3 is 0 Å². The van der Waals surface area contributed by atoms with Crippen LogP contribution in [0.15, 0.2) is 72.1 Å². The Labute approximate surface area is 190 Å². The molecule has 0 unspecified atom stereocenters. The van der Waals surface area contributed by atoms with Crippen LogP contribution >= 0.6 is 23.6 Å². The number of aromatic nitrogens is 1. The molecule has 3 aromatic carbocycles. The van der Waals surface area contributed by atoms with Gasteiger partial charge in [0.25, 0.3) is 5.91 Å². The van der Waals surface area contributed by atoms with Crippen LogP contribution in [0.3, 0.4) is 0 Å². The number of hydrogen-bond acceptors (Lipinski definition) is 5. The van der Waals surface area contributed by atoms with Crippen LogP contribution in [-0.4, -0.2) is 22.1 Å². The van der Waals surface area contributed by atoms with Gasteiger partial charge < -0.3 is 10.1 Å². The summed E-state index contributed by atoms with van der Waals surface area (Å²) in [6.07, 6.45) is 0.0780. The molecule has 1 aromatic heterocycles. The molecular formula is C24H21N3O2S2. The third kappa shape index (κ3) is 5.25. The summed E-state index contributed by atoms with van der Waals surface area (Å²) in [5.41, 5.74) is 2.38. The number of ether oxygens (including phenoxy) is 1.